The maximum atomic E-state index is 12.4. The van der Waals surface area contributed by atoms with Gasteiger partial charge in [-0.2, -0.15) is 0 Å². The first kappa shape index (κ1) is 8.71. The molecule has 2 N–H and O–H groups in total. The summed E-state index contributed by atoms with van der Waals surface area (Å²) in [5.41, 5.74) is 6.19. The van der Waals surface area contributed by atoms with Crippen molar-refractivity contribution in [2.45, 2.75) is 13.3 Å². The Morgan fingerprint density at radius 2 is 2.00 bits per heavy atom. The second-order valence-electron chi connectivity index (χ2n) is 2.43. The van der Waals surface area contributed by atoms with E-state index in [9.17, 15) is 4.39 Å². The Labute approximate surface area is 70.9 Å². The smallest absolute Gasteiger partial charge is 0.123 e. The van der Waals surface area contributed by atoms with E-state index in [-0.39, 0.29) is 5.82 Å². The van der Waals surface area contributed by atoms with Gasteiger partial charge in [0.25, 0.3) is 0 Å². The Morgan fingerprint density at radius 3 is 2.50 bits per heavy atom. The van der Waals surface area contributed by atoms with Gasteiger partial charge < -0.3 is 5.73 Å². The Hall–Kier alpha value is -1.38. The molecule has 0 saturated carbocycles. The van der Waals surface area contributed by atoms with E-state index < -0.39 is 0 Å². The molecule has 1 aromatic rings. The molecule has 0 fully saturated rings. The fraction of sp³-hybridized carbons (Fsp3) is 0.222. The number of aliphatic imine (C=N–C) groups is 1. The van der Waals surface area contributed by atoms with E-state index in [1.165, 1.54) is 12.1 Å². The average molecular weight is 166 g/mol. The highest BCUT2D eigenvalue weighted by Crippen LogP contribution is 2.11. The van der Waals surface area contributed by atoms with Crippen molar-refractivity contribution in [3.05, 3.63) is 30.1 Å². The largest absolute Gasteiger partial charge is 0.387 e. The highest BCUT2D eigenvalue weighted by Gasteiger charge is 1.91. The molecule has 0 unspecified atom stereocenters. The number of nitrogens with two attached hydrogens (primary N) is 1. The molecular weight excluding hydrogens is 155 g/mol. The van der Waals surface area contributed by atoms with Crippen molar-refractivity contribution < 1.29 is 4.39 Å². The van der Waals surface area contributed by atoms with Gasteiger partial charge in [-0.25, -0.2) is 9.38 Å². The van der Waals surface area contributed by atoms with Crippen LogP contribution < -0.4 is 5.73 Å². The van der Waals surface area contributed by atoms with Crippen LogP contribution >= 0.6 is 0 Å². The van der Waals surface area contributed by atoms with E-state index in [4.69, 9.17) is 5.73 Å². The average Bonchev–Trinajstić information content (AvgIpc) is 2.09. The summed E-state index contributed by atoms with van der Waals surface area (Å²) < 4.78 is 12.4. The van der Waals surface area contributed by atoms with Crippen LogP contribution in [0.2, 0.25) is 0 Å². The van der Waals surface area contributed by atoms with Crippen molar-refractivity contribution in [3.63, 3.8) is 0 Å². The van der Waals surface area contributed by atoms with Crippen LogP contribution in [0, 0.1) is 5.82 Å². The lowest BCUT2D eigenvalue weighted by atomic mass is 10.3. The van der Waals surface area contributed by atoms with Crippen LogP contribution in [-0.2, 0) is 0 Å². The highest BCUT2D eigenvalue weighted by molar-refractivity contribution is 5.82. The molecule has 0 amide bonds. The summed E-state index contributed by atoms with van der Waals surface area (Å²) in [6, 6.07) is 5.92. The molecule has 0 spiro atoms. The fourth-order valence-electron chi connectivity index (χ4n) is 0.761. The first-order chi connectivity index (χ1) is 5.72. The predicted molar refractivity (Wildman–Crippen MR) is 48.0 cm³/mol. The van der Waals surface area contributed by atoms with E-state index in [0.717, 1.165) is 0 Å². The molecule has 0 aliphatic heterocycles. The number of hydrogen-bond donors (Lipinski definition) is 1. The Morgan fingerprint density at radius 1 is 1.42 bits per heavy atom. The van der Waals surface area contributed by atoms with E-state index in [1.54, 1.807) is 12.1 Å². The maximum Gasteiger partial charge on any atom is 0.123 e. The molecule has 1 aromatic carbocycles. The lowest BCUT2D eigenvalue weighted by Gasteiger charge is -1.95. The molecule has 2 nitrogen and oxygen atoms in total. The highest BCUT2D eigenvalue weighted by atomic mass is 19.1. The van der Waals surface area contributed by atoms with Crippen molar-refractivity contribution >= 4 is 11.5 Å². The molecule has 1 rings (SSSR count). The molecule has 0 atom stereocenters. The Kier molecular flexibility index (Phi) is 2.80. The van der Waals surface area contributed by atoms with Crippen LogP contribution in [0.25, 0.3) is 0 Å². The van der Waals surface area contributed by atoms with Crippen molar-refractivity contribution in [1.82, 2.24) is 0 Å². The van der Waals surface area contributed by atoms with Crippen LogP contribution in [0.3, 0.4) is 0 Å². The summed E-state index contributed by atoms with van der Waals surface area (Å²) in [6.45, 7) is 1.92. The van der Waals surface area contributed by atoms with Crippen LogP contribution in [0.4, 0.5) is 10.1 Å². The molecule has 0 aromatic heterocycles. The summed E-state index contributed by atoms with van der Waals surface area (Å²) in [5, 5.41) is 0. The van der Waals surface area contributed by atoms with Gasteiger partial charge >= 0.3 is 0 Å². The topological polar surface area (TPSA) is 38.4 Å². The molecule has 3 heteroatoms. The molecule has 64 valence electrons. The van der Waals surface area contributed by atoms with Gasteiger partial charge in [-0.1, -0.05) is 6.92 Å². The van der Waals surface area contributed by atoms with Crippen LogP contribution in [-0.4, -0.2) is 5.84 Å². The zero-order valence-electron chi connectivity index (χ0n) is 6.92. The minimum atomic E-state index is -0.260. The Balaban J connectivity index is 2.84. The summed E-state index contributed by atoms with van der Waals surface area (Å²) in [4.78, 5) is 4.05. The third-order valence-electron chi connectivity index (χ3n) is 1.46. The van der Waals surface area contributed by atoms with E-state index >= 15 is 0 Å². The lowest BCUT2D eigenvalue weighted by molar-refractivity contribution is 0.628. The van der Waals surface area contributed by atoms with Crippen LogP contribution in [0.1, 0.15) is 13.3 Å². The first-order valence-electron chi connectivity index (χ1n) is 3.81. The monoisotopic (exact) mass is 166 g/mol. The van der Waals surface area contributed by atoms with Gasteiger partial charge in [-0.05, 0) is 24.3 Å². The number of hydrogen-bond acceptors (Lipinski definition) is 1. The molecule has 0 radical (unpaired) electrons. The molecule has 0 saturated heterocycles. The quantitative estimate of drug-likeness (QED) is 0.531. The molecular formula is C9H11FN2. The standard InChI is InChI=1S/C9H11FN2/c1-2-9(11)12-8-5-3-7(10)4-6-8/h3-6H,2H2,1H3,(H2,11,12). The maximum absolute atomic E-state index is 12.4. The summed E-state index contributed by atoms with van der Waals surface area (Å²) >= 11 is 0. The minimum Gasteiger partial charge on any atom is -0.387 e. The van der Waals surface area contributed by atoms with E-state index in [2.05, 4.69) is 4.99 Å². The zero-order valence-corrected chi connectivity index (χ0v) is 6.92. The minimum absolute atomic E-state index is 0.260. The van der Waals surface area contributed by atoms with Crippen molar-refractivity contribution in [1.29, 1.82) is 0 Å². The number of benzene rings is 1. The lowest BCUT2D eigenvalue weighted by Crippen LogP contribution is -2.08. The molecule has 0 bridgehead atoms. The third kappa shape index (κ3) is 2.34. The molecule has 12 heavy (non-hydrogen) atoms. The summed E-state index contributed by atoms with van der Waals surface area (Å²) in [6.07, 6.45) is 0.706. The number of rotatable bonds is 2. The van der Waals surface area contributed by atoms with E-state index in [0.29, 0.717) is 17.9 Å². The molecule has 0 heterocycles. The van der Waals surface area contributed by atoms with Gasteiger partial charge in [0.1, 0.15) is 5.82 Å². The van der Waals surface area contributed by atoms with Gasteiger partial charge in [-0.3, -0.25) is 0 Å². The Bertz CT molecular complexity index is 277. The second-order valence-corrected chi connectivity index (χ2v) is 2.43. The van der Waals surface area contributed by atoms with E-state index in [1.807, 2.05) is 6.92 Å². The zero-order chi connectivity index (χ0) is 8.97. The van der Waals surface area contributed by atoms with Gasteiger partial charge in [0.15, 0.2) is 0 Å². The molecule has 0 aliphatic rings. The second kappa shape index (κ2) is 3.85. The molecule has 0 aliphatic carbocycles. The first-order valence-corrected chi connectivity index (χ1v) is 3.81. The summed E-state index contributed by atoms with van der Waals surface area (Å²) in [7, 11) is 0. The van der Waals surface area contributed by atoms with Crippen molar-refractivity contribution in [2.75, 3.05) is 0 Å². The third-order valence-corrected chi connectivity index (χ3v) is 1.46. The van der Waals surface area contributed by atoms with Crippen molar-refractivity contribution in [3.8, 4) is 0 Å². The predicted octanol–water partition coefficient (Wildman–Crippen LogP) is 2.22. The van der Waals surface area contributed by atoms with Crippen molar-refractivity contribution in [2.24, 2.45) is 10.7 Å². The SMILES string of the molecule is CCC(N)=Nc1ccc(F)cc1. The fourth-order valence-corrected chi connectivity index (χ4v) is 0.761. The van der Waals surface area contributed by atoms with Crippen LogP contribution in [0.15, 0.2) is 29.3 Å². The number of halogens is 1. The van der Waals surface area contributed by atoms with Gasteiger partial charge in [0.2, 0.25) is 0 Å². The van der Waals surface area contributed by atoms with Gasteiger partial charge in [-0.15, -0.1) is 0 Å². The van der Waals surface area contributed by atoms with Crippen LogP contribution in [0.5, 0.6) is 0 Å². The number of nitrogens with zero attached hydrogens (tertiary/aromatic N) is 1. The summed E-state index contributed by atoms with van der Waals surface area (Å²) in [5.74, 6) is 0.297. The van der Waals surface area contributed by atoms with Gasteiger partial charge in [0.05, 0.1) is 11.5 Å². The van der Waals surface area contributed by atoms with Gasteiger partial charge in [0, 0.05) is 6.42 Å². The normalized spacial score (nSPS) is 11.7. The number of amidine groups is 1.